The number of methoxy groups -OCH3 is 1. The molecule has 0 aliphatic heterocycles. The summed E-state index contributed by atoms with van der Waals surface area (Å²) in [6, 6.07) is 10.2. The predicted molar refractivity (Wildman–Crippen MR) is 81.0 cm³/mol. The van der Waals surface area contributed by atoms with Crippen molar-refractivity contribution in [2.24, 2.45) is 5.92 Å². The molecule has 2 heteroatoms. The van der Waals surface area contributed by atoms with Crippen LogP contribution in [0.15, 0.2) is 47.7 Å². The average Bonchev–Trinajstić information content (AvgIpc) is 2.80. The fourth-order valence-electron chi connectivity index (χ4n) is 3.57. The van der Waals surface area contributed by atoms with Gasteiger partial charge in [0.2, 0.25) is 0 Å². The van der Waals surface area contributed by atoms with Crippen molar-refractivity contribution in [1.29, 1.82) is 0 Å². The lowest BCUT2D eigenvalue weighted by Crippen LogP contribution is -2.33. The summed E-state index contributed by atoms with van der Waals surface area (Å²) >= 11 is 0. The molecule has 0 heterocycles. The van der Waals surface area contributed by atoms with Crippen LogP contribution in [0.3, 0.4) is 0 Å². The largest absolute Gasteiger partial charge is 0.501 e. The normalized spacial score (nSPS) is 29.8. The van der Waals surface area contributed by atoms with Crippen molar-refractivity contribution in [3.8, 4) is 0 Å². The zero-order valence-corrected chi connectivity index (χ0v) is 12.0. The van der Waals surface area contributed by atoms with E-state index in [1.165, 1.54) is 18.4 Å². The van der Waals surface area contributed by atoms with Crippen LogP contribution in [0, 0.1) is 5.92 Å². The highest BCUT2D eigenvalue weighted by Gasteiger charge is 2.45. The maximum absolute atomic E-state index is 11.0. The second-order valence-electron chi connectivity index (χ2n) is 5.86. The van der Waals surface area contributed by atoms with E-state index in [1.807, 2.05) is 30.4 Å². The van der Waals surface area contributed by atoms with E-state index in [1.54, 1.807) is 7.11 Å². The molecular weight excluding hydrogens is 248 g/mol. The first-order valence-electron chi connectivity index (χ1n) is 7.45. The Hall–Kier alpha value is -1.54. The number of fused-ring (bicyclic) bond motifs is 1. The Balaban J connectivity index is 1.84. The Morgan fingerprint density at radius 2 is 2.05 bits per heavy atom. The third-order valence-corrected chi connectivity index (χ3v) is 4.63. The van der Waals surface area contributed by atoms with Gasteiger partial charge in [-0.25, -0.2) is 0 Å². The molecule has 20 heavy (non-hydrogen) atoms. The van der Waals surface area contributed by atoms with Gasteiger partial charge < -0.3 is 9.84 Å². The Kier molecular flexibility index (Phi) is 3.66. The lowest BCUT2D eigenvalue weighted by molar-refractivity contribution is 0.0429. The molecule has 1 aromatic rings. The van der Waals surface area contributed by atoms with Gasteiger partial charge in [0.05, 0.1) is 18.5 Å². The second kappa shape index (κ2) is 5.45. The molecule has 0 aromatic heterocycles. The summed E-state index contributed by atoms with van der Waals surface area (Å²) in [4.78, 5) is 0. The quantitative estimate of drug-likeness (QED) is 0.902. The number of aliphatic hydroxyl groups is 1. The summed E-state index contributed by atoms with van der Waals surface area (Å²) < 4.78 is 5.51. The first kappa shape index (κ1) is 13.4. The summed E-state index contributed by atoms with van der Waals surface area (Å²) in [5.41, 5.74) is 1.71. The lowest BCUT2D eigenvalue weighted by Gasteiger charge is -2.31. The van der Waals surface area contributed by atoms with Crippen molar-refractivity contribution in [2.45, 2.75) is 37.7 Å². The van der Waals surface area contributed by atoms with Crippen LogP contribution in [-0.4, -0.2) is 17.8 Å². The molecule has 2 aliphatic rings. The zero-order valence-electron chi connectivity index (χ0n) is 12.0. The lowest BCUT2D eigenvalue weighted by atomic mass is 9.77. The van der Waals surface area contributed by atoms with Crippen LogP contribution < -0.4 is 0 Å². The molecule has 0 amide bonds. The summed E-state index contributed by atoms with van der Waals surface area (Å²) in [5, 5.41) is 11.0. The van der Waals surface area contributed by atoms with Gasteiger partial charge in [-0.05, 0) is 30.4 Å². The zero-order chi connectivity index (χ0) is 14.0. The van der Waals surface area contributed by atoms with Crippen molar-refractivity contribution in [2.75, 3.05) is 7.11 Å². The van der Waals surface area contributed by atoms with Crippen LogP contribution in [0.1, 0.15) is 37.7 Å². The van der Waals surface area contributed by atoms with Gasteiger partial charge >= 0.3 is 0 Å². The van der Waals surface area contributed by atoms with Crippen LogP contribution in [0.2, 0.25) is 0 Å². The van der Waals surface area contributed by atoms with Gasteiger partial charge in [0, 0.05) is 12.3 Å². The van der Waals surface area contributed by atoms with Gasteiger partial charge in [-0.3, -0.25) is 0 Å². The number of rotatable bonds is 3. The smallest absolute Gasteiger partial charge is 0.0983 e. The highest BCUT2D eigenvalue weighted by Crippen LogP contribution is 2.48. The number of hydrogen-bond donors (Lipinski definition) is 1. The van der Waals surface area contributed by atoms with E-state index in [0.717, 1.165) is 24.2 Å². The van der Waals surface area contributed by atoms with Crippen LogP contribution in [-0.2, 0) is 4.74 Å². The molecule has 1 N–H and O–H groups in total. The monoisotopic (exact) mass is 270 g/mol. The van der Waals surface area contributed by atoms with Crippen LogP contribution in [0.25, 0.3) is 6.08 Å². The summed E-state index contributed by atoms with van der Waals surface area (Å²) in [5.74, 6) is 1.25. The maximum atomic E-state index is 11.0. The number of benzene rings is 1. The first-order chi connectivity index (χ1) is 9.73. The summed E-state index contributed by atoms with van der Waals surface area (Å²) in [7, 11) is 1.72. The summed E-state index contributed by atoms with van der Waals surface area (Å²) in [6.07, 6.45) is 9.19. The highest BCUT2D eigenvalue weighted by atomic mass is 16.5. The molecule has 0 bridgehead atoms. The summed E-state index contributed by atoms with van der Waals surface area (Å²) in [6.45, 7) is 0. The highest BCUT2D eigenvalue weighted by molar-refractivity contribution is 5.51. The Morgan fingerprint density at radius 3 is 2.80 bits per heavy atom. The molecule has 0 spiro atoms. The molecule has 0 radical (unpaired) electrons. The minimum Gasteiger partial charge on any atom is -0.501 e. The van der Waals surface area contributed by atoms with E-state index in [4.69, 9.17) is 4.74 Å². The Labute approximate surface area is 120 Å². The molecule has 1 aromatic carbocycles. The molecule has 106 valence electrons. The molecule has 2 atom stereocenters. The van der Waals surface area contributed by atoms with Crippen molar-refractivity contribution in [3.05, 3.63) is 53.3 Å². The van der Waals surface area contributed by atoms with Crippen molar-refractivity contribution < 1.29 is 9.84 Å². The van der Waals surface area contributed by atoms with E-state index >= 15 is 0 Å². The van der Waals surface area contributed by atoms with Crippen LogP contribution in [0.4, 0.5) is 0 Å². The van der Waals surface area contributed by atoms with Crippen molar-refractivity contribution >= 4 is 6.08 Å². The third kappa shape index (κ3) is 2.40. The molecule has 1 fully saturated rings. The predicted octanol–water partition coefficient (Wildman–Crippen LogP) is 3.93. The molecule has 0 saturated heterocycles. The van der Waals surface area contributed by atoms with Crippen molar-refractivity contribution in [3.63, 3.8) is 0 Å². The molecular formula is C18H22O2. The molecule has 0 unspecified atom stereocenters. The van der Waals surface area contributed by atoms with Crippen LogP contribution in [0.5, 0.6) is 0 Å². The number of ether oxygens (including phenoxy) is 1. The Morgan fingerprint density at radius 1 is 1.25 bits per heavy atom. The topological polar surface area (TPSA) is 29.5 Å². The standard InChI is InChI=1S/C18H22O2/c1-20-17-13-18(19,16-10-6-5-9-15(16)17)12-11-14-7-3-2-4-8-14/h2-4,7-8,11-12,16,19H,5-6,9-10,13H2,1H3/b12-11+/t16-,18-/m1/s1. The first-order valence-corrected chi connectivity index (χ1v) is 7.45. The van der Waals surface area contributed by atoms with E-state index in [2.05, 4.69) is 12.1 Å². The molecule has 2 aliphatic carbocycles. The van der Waals surface area contributed by atoms with Gasteiger partial charge in [0.15, 0.2) is 0 Å². The maximum Gasteiger partial charge on any atom is 0.0983 e. The van der Waals surface area contributed by atoms with E-state index in [-0.39, 0.29) is 5.92 Å². The van der Waals surface area contributed by atoms with E-state index in [0.29, 0.717) is 6.42 Å². The van der Waals surface area contributed by atoms with E-state index < -0.39 is 5.60 Å². The van der Waals surface area contributed by atoms with Gasteiger partial charge in [-0.2, -0.15) is 0 Å². The van der Waals surface area contributed by atoms with Gasteiger partial charge in [-0.15, -0.1) is 0 Å². The SMILES string of the molecule is COC1=C2CCCC[C@H]2[C@@](O)(/C=C/c2ccccc2)C1. The van der Waals surface area contributed by atoms with Gasteiger partial charge in [0.25, 0.3) is 0 Å². The molecule has 1 saturated carbocycles. The fraction of sp³-hybridized carbons (Fsp3) is 0.444. The minimum atomic E-state index is -0.767. The average molecular weight is 270 g/mol. The van der Waals surface area contributed by atoms with E-state index in [9.17, 15) is 5.11 Å². The van der Waals surface area contributed by atoms with Crippen LogP contribution >= 0.6 is 0 Å². The number of hydrogen-bond acceptors (Lipinski definition) is 2. The second-order valence-corrected chi connectivity index (χ2v) is 5.86. The Bertz CT molecular complexity index is 530. The third-order valence-electron chi connectivity index (χ3n) is 4.63. The minimum absolute atomic E-state index is 0.242. The van der Waals surface area contributed by atoms with Gasteiger partial charge in [0.1, 0.15) is 0 Å². The van der Waals surface area contributed by atoms with Gasteiger partial charge in [-0.1, -0.05) is 48.9 Å². The molecule has 2 nitrogen and oxygen atoms in total. The van der Waals surface area contributed by atoms with Crippen molar-refractivity contribution in [1.82, 2.24) is 0 Å². The molecule has 3 rings (SSSR count). The fourth-order valence-corrected chi connectivity index (χ4v) is 3.57.